The molecule has 1 aliphatic heterocycles. The normalized spacial score (nSPS) is 17.8. The second-order valence-corrected chi connectivity index (χ2v) is 15.9. The van der Waals surface area contributed by atoms with Gasteiger partial charge in [-0.1, -0.05) is 132 Å². The number of rotatable bonds is 4. The number of hydrogen-bond acceptors (Lipinski definition) is 3. The van der Waals surface area contributed by atoms with Crippen LogP contribution in [0.25, 0.3) is 0 Å². The average molecular weight is 476 g/mol. The van der Waals surface area contributed by atoms with E-state index >= 15 is 0 Å². The molecule has 0 amide bonds. The van der Waals surface area contributed by atoms with Crippen molar-refractivity contribution < 1.29 is 12.3 Å². The summed E-state index contributed by atoms with van der Waals surface area (Å²) in [5.74, 6) is 0. The Bertz CT molecular complexity index is 962. The molecule has 31 heavy (non-hydrogen) atoms. The minimum atomic E-state index is -3.15. The molecule has 1 heterocycles. The lowest BCUT2D eigenvalue weighted by Crippen LogP contribution is -2.80. The third-order valence-electron chi connectivity index (χ3n) is 5.35. The number of benzene rings is 4. The summed E-state index contributed by atoms with van der Waals surface area (Å²) in [5.41, 5.74) is 0. The van der Waals surface area contributed by atoms with Crippen LogP contribution in [0.2, 0.25) is 0 Å². The van der Waals surface area contributed by atoms with E-state index in [-0.39, 0.29) is 0 Å². The molecule has 0 aromatic heterocycles. The van der Waals surface area contributed by atoms with Crippen molar-refractivity contribution in [2.45, 2.75) is 0 Å². The van der Waals surface area contributed by atoms with Crippen molar-refractivity contribution in [3.63, 3.8) is 0 Å². The quantitative estimate of drug-likeness (QED) is 0.335. The summed E-state index contributed by atoms with van der Waals surface area (Å²) in [6.45, 7) is 0. The van der Waals surface area contributed by atoms with E-state index in [4.69, 9.17) is 23.4 Å². The summed E-state index contributed by atoms with van der Waals surface area (Å²) in [6.07, 6.45) is 0. The number of hydrogen-bond donors (Lipinski definition) is 0. The third-order valence-corrected chi connectivity index (χ3v) is 17.0. The van der Waals surface area contributed by atoms with Crippen LogP contribution in [-0.2, 0) is 12.3 Å². The van der Waals surface area contributed by atoms with Crippen LogP contribution in [0.1, 0.15) is 0 Å². The zero-order chi connectivity index (χ0) is 21.2. The van der Waals surface area contributed by atoms with Crippen LogP contribution in [0, 0.1) is 0 Å². The first-order valence-electron chi connectivity index (χ1n) is 10.1. The second-order valence-electron chi connectivity index (χ2n) is 7.24. The summed E-state index contributed by atoms with van der Waals surface area (Å²) in [5, 5.41) is 4.10. The SMILES string of the molecule is Cl[Si]1O[Si](c2ccccc2)(c2ccccc2)O[Si](c2ccccc2)(c2ccccc2)O1. The number of halogens is 1. The summed E-state index contributed by atoms with van der Waals surface area (Å²) in [4.78, 5) is 0. The van der Waals surface area contributed by atoms with Crippen molar-refractivity contribution >= 4 is 57.5 Å². The van der Waals surface area contributed by atoms with Gasteiger partial charge in [-0.05, 0) is 20.7 Å². The van der Waals surface area contributed by atoms with Gasteiger partial charge in [-0.2, -0.15) is 0 Å². The Morgan fingerprint density at radius 3 is 0.968 bits per heavy atom. The minimum absolute atomic E-state index is 1.02. The molecule has 7 heteroatoms. The molecule has 4 aromatic rings. The van der Waals surface area contributed by atoms with Gasteiger partial charge in [0.15, 0.2) is 0 Å². The van der Waals surface area contributed by atoms with E-state index in [9.17, 15) is 0 Å². The van der Waals surface area contributed by atoms with Gasteiger partial charge in [-0.3, -0.25) is 0 Å². The van der Waals surface area contributed by atoms with Gasteiger partial charge < -0.3 is 12.3 Å². The fourth-order valence-electron chi connectivity index (χ4n) is 3.93. The Labute approximate surface area is 190 Å². The van der Waals surface area contributed by atoms with E-state index in [1.165, 1.54) is 0 Å². The predicted octanol–water partition coefficient (Wildman–Crippen LogP) is 2.79. The van der Waals surface area contributed by atoms with Crippen LogP contribution in [0.3, 0.4) is 0 Å². The highest BCUT2D eigenvalue weighted by atomic mass is 35.6. The zero-order valence-corrected chi connectivity index (χ0v) is 20.4. The molecule has 0 bridgehead atoms. The van der Waals surface area contributed by atoms with E-state index in [0.29, 0.717) is 0 Å². The summed E-state index contributed by atoms with van der Waals surface area (Å²) in [7, 11) is -8.42. The van der Waals surface area contributed by atoms with Gasteiger partial charge in [-0.25, -0.2) is 0 Å². The fourth-order valence-corrected chi connectivity index (χ4v) is 17.9. The topological polar surface area (TPSA) is 27.7 Å². The van der Waals surface area contributed by atoms with Gasteiger partial charge in [-0.15, -0.1) is 0 Å². The standard InChI is InChI=1S/C24H20ClO3Si3/c25-29-26-30(21-13-5-1-6-14-21,22-15-7-2-8-16-22)28-31(27-29,23-17-9-3-10-18-23)24-19-11-4-12-20-24/h1-20H. The fraction of sp³-hybridized carbons (Fsp3) is 0. The van der Waals surface area contributed by atoms with Crippen molar-refractivity contribution in [3.8, 4) is 0 Å². The molecular weight excluding hydrogens is 456 g/mol. The molecule has 1 saturated heterocycles. The predicted molar refractivity (Wildman–Crippen MR) is 131 cm³/mol. The van der Waals surface area contributed by atoms with Crippen LogP contribution in [0.5, 0.6) is 0 Å². The lowest BCUT2D eigenvalue weighted by molar-refractivity contribution is 0.286. The molecule has 0 atom stereocenters. The van der Waals surface area contributed by atoms with E-state index in [1.54, 1.807) is 0 Å². The third kappa shape index (κ3) is 3.77. The molecule has 0 unspecified atom stereocenters. The molecule has 0 saturated carbocycles. The molecule has 153 valence electrons. The maximum absolute atomic E-state index is 7.25. The van der Waals surface area contributed by atoms with Crippen LogP contribution in [0.4, 0.5) is 0 Å². The summed E-state index contributed by atoms with van der Waals surface area (Å²) < 4.78 is 20.3. The van der Waals surface area contributed by atoms with Gasteiger partial charge in [0.2, 0.25) is 0 Å². The van der Waals surface area contributed by atoms with E-state index in [2.05, 4.69) is 48.5 Å². The van der Waals surface area contributed by atoms with Gasteiger partial charge in [0.25, 0.3) is 0 Å². The first-order chi connectivity index (χ1) is 15.2. The highest BCUT2D eigenvalue weighted by Gasteiger charge is 2.60. The highest BCUT2D eigenvalue weighted by molar-refractivity contribution is 7.16. The summed E-state index contributed by atoms with van der Waals surface area (Å²) in [6, 6.07) is 40.8. The summed E-state index contributed by atoms with van der Waals surface area (Å²) >= 11 is 6.83. The molecule has 0 N–H and O–H groups in total. The largest absolute Gasteiger partial charge is 0.487 e. The Hall–Kier alpha value is -2.30. The lowest BCUT2D eigenvalue weighted by atomic mass is 10.4. The lowest BCUT2D eigenvalue weighted by Gasteiger charge is -2.46. The Morgan fingerprint density at radius 1 is 0.452 bits per heavy atom. The maximum atomic E-state index is 7.25. The van der Waals surface area contributed by atoms with Crippen molar-refractivity contribution in [1.29, 1.82) is 0 Å². The molecule has 5 rings (SSSR count). The van der Waals surface area contributed by atoms with Crippen LogP contribution >= 0.6 is 11.1 Å². The molecule has 1 aliphatic rings. The van der Waals surface area contributed by atoms with Gasteiger partial charge >= 0.3 is 25.7 Å². The second kappa shape index (κ2) is 8.68. The van der Waals surface area contributed by atoms with Crippen LogP contribution in [-0.4, -0.2) is 25.7 Å². The van der Waals surface area contributed by atoms with Crippen molar-refractivity contribution in [2.75, 3.05) is 0 Å². The van der Waals surface area contributed by atoms with Crippen molar-refractivity contribution in [2.24, 2.45) is 0 Å². The van der Waals surface area contributed by atoms with E-state index in [1.807, 2.05) is 72.8 Å². The van der Waals surface area contributed by atoms with Crippen molar-refractivity contribution in [3.05, 3.63) is 121 Å². The molecule has 0 spiro atoms. The van der Waals surface area contributed by atoms with E-state index < -0.39 is 25.7 Å². The molecule has 4 aromatic carbocycles. The van der Waals surface area contributed by atoms with Crippen LogP contribution < -0.4 is 20.7 Å². The van der Waals surface area contributed by atoms with E-state index in [0.717, 1.165) is 20.7 Å². The Kier molecular flexibility index (Phi) is 5.77. The zero-order valence-electron chi connectivity index (χ0n) is 16.6. The highest BCUT2D eigenvalue weighted by Crippen LogP contribution is 2.27. The van der Waals surface area contributed by atoms with Gasteiger partial charge in [0.05, 0.1) is 0 Å². The molecule has 1 radical (unpaired) electrons. The first-order valence-corrected chi connectivity index (χ1v) is 16.0. The molecule has 3 nitrogen and oxygen atoms in total. The maximum Gasteiger partial charge on any atom is 0.487 e. The van der Waals surface area contributed by atoms with Crippen molar-refractivity contribution in [1.82, 2.24) is 0 Å². The first kappa shape index (κ1) is 20.6. The molecular formula is C24H20ClO3Si3. The van der Waals surface area contributed by atoms with Gasteiger partial charge in [0, 0.05) is 0 Å². The van der Waals surface area contributed by atoms with Gasteiger partial charge in [0.1, 0.15) is 0 Å². The smallest absolute Gasteiger partial charge is 0.402 e. The Balaban J connectivity index is 1.78. The minimum Gasteiger partial charge on any atom is -0.402 e. The molecule has 0 aliphatic carbocycles. The molecule has 1 fully saturated rings. The Morgan fingerprint density at radius 2 is 0.710 bits per heavy atom. The van der Waals surface area contributed by atoms with Crippen LogP contribution in [0.15, 0.2) is 121 Å². The monoisotopic (exact) mass is 475 g/mol. The average Bonchev–Trinajstić information content (AvgIpc) is 2.86.